The summed E-state index contributed by atoms with van der Waals surface area (Å²) in [6.07, 6.45) is 6.60. The Morgan fingerprint density at radius 1 is 0.909 bits per heavy atom. The highest BCUT2D eigenvalue weighted by Gasteiger charge is 2.34. The second-order valence-electron chi connectivity index (χ2n) is 8.63. The van der Waals surface area contributed by atoms with Crippen LogP contribution in [0.5, 0.6) is 0 Å². The molecule has 0 amide bonds. The number of rotatable bonds is 6. The van der Waals surface area contributed by atoms with Crippen LogP contribution in [-0.2, 0) is 14.6 Å². The van der Waals surface area contributed by atoms with Gasteiger partial charge in [0.25, 0.3) is 0 Å². The largest absolute Gasteiger partial charge is 0.392 e. The van der Waals surface area contributed by atoms with E-state index in [4.69, 9.17) is 0 Å². The summed E-state index contributed by atoms with van der Waals surface area (Å²) in [6, 6.07) is 24.1. The third-order valence-corrected chi connectivity index (χ3v) is 8.22. The zero-order chi connectivity index (χ0) is 23.6. The molecule has 0 aliphatic heterocycles. The fourth-order valence-corrected chi connectivity index (χ4v) is 4.52. The molecule has 0 saturated carbocycles. The highest BCUT2D eigenvalue weighted by atomic mass is 32.2. The van der Waals surface area contributed by atoms with Gasteiger partial charge in [0.1, 0.15) is 0 Å². The Labute approximate surface area is 195 Å². The predicted octanol–water partition coefficient (Wildman–Crippen LogP) is 5.85. The maximum atomic E-state index is 12.7. The van der Waals surface area contributed by atoms with Gasteiger partial charge in [-0.05, 0) is 71.5 Å². The lowest BCUT2D eigenvalue weighted by Crippen LogP contribution is -2.28. The van der Waals surface area contributed by atoms with Crippen LogP contribution in [0.4, 0.5) is 0 Å². The highest BCUT2D eigenvalue weighted by Crippen LogP contribution is 2.38. The number of sulfone groups is 1. The molecule has 3 aromatic carbocycles. The first-order valence-corrected chi connectivity index (χ1v) is 12.7. The minimum absolute atomic E-state index is 0.0155. The zero-order valence-electron chi connectivity index (χ0n) is 19.0. The van der Waals surface area contributed by atoms with Crippen molar-refractivity contribution in [2.75, 3.05) is 12.9 Å². The lowest BCUT2D eigenvalue weighted by Gasteiger charge is -2.25. The minimum Gasteiger partial charge on any atom is -0.392 e. The molecule has 1 N–H and O–H groups in total. The second kappa shape index (κ2) is 8.93. The topological polar surface area (TPSA) is 67.3 Å². The number of aliphatic hydroxyl groups excluding tert-OH is 1. The monoisotopic (exact) mass is 457 g/mol. The molecule has 33 heavy (non-hydrogen) atoms. The Hall–Kier alpha value is -3.28. The van der Waals surface area contributed by atoms with Gasteiger partial charge in [-0.25, -0.2) is 8.42 Å². The van der Waals surface area contributed by atoms with E-state index in [0.29, 0.717) is 11.1 Å². The van der Waals surface area contributed by atoms with Crippen molar-refractivity contribution < 1.29 is 13.5 Å². The van der Waals surface area contributed by atoms with Crippen LogP contribution < -0.4 is 0 Å². The Kier molecular flexibility index (Phi) is 6.19. The average Bonchev–Trinajstić information content (AvgIpc) is 2.81. The minimum atomic E-state index is -3.38. The fraction of sp³-hybridized carbons (Fsp3) is 0.179. The van der Waals surface area contributed by atoms with Crippen molar-refractivity contribution in [2.45, 2.75) is 18.6 Å². The third kappa shape index (κ3) is 4.47. The van der Waals surface area contributed by atoms with E-state index in [9.17, 15) is 13.5 Å². The number of aliphatic hydroxyl groups is 1. The quantitative estimate of drug-likeness (QED) is 0.394. The summed E-state index contributed by atoms with van der Waals surface area (Å²) < 4.78 is 24.2. The van der Waals surface area contributed by atoms with Crippen LogP contribution in [0.2, 0.25) is 0 Å². The summed E-state index contributed by atoms with van der Waals surface area (Å²) in [5, 5.41) is 10.1. The summed E-state index contributed by atoms with van der Waals surface area (Å²) in [6.45, 7) is 3.45. The molecule has 1 heterocycles. The van der Waals surface area contributed by atoms with Crippen LogP contribution in [0.15, 0.2) is 85.1 Å². The first kappa shape index (κ1) is 22.9. The highest BCUT2D eigenvalue weighted by molar-refractivity contribution is 7.91. The summed E-state index contributed by atoms with van der Waals surface area (Å²) in [7, 11) is -3.38. The zero-order valence-corrected chi connectivity index (χ0v) is 19.8. The lowest BCUT2D eigenvalue weighted by molar-refractivity contribution is 0.343. The van der Waals surface area contributed by atoms with Crippen molar-refractivity contribution in [1.29, 1.82) is 0 Å². The molecule has 0 unspecified atom stereocenters. The molecule has 0 spiro atoms. The average molecular weight is 458 g/mol. The van der Waals surface area contributed by atoms with E-state index in [1.165, 1.54) is 6.26 Å². The van der Waals surface area contributed by atoms with Crippen molar-refractivity contribution in [1.82, 2.24) is 4.98 Å². The van der Waals surface area contributed by atoms with Gasteiger partial charge in [-0.1, -0.05) is 60.7 Å². The molecule has 0 atom stereocenters. The van der Waals surface area contributed by atoms with Crippen molar-refractivity contribution in [3.8, 4) is 22.3 Å². The van der Waals surface area contributed by atoms with Crippen LogP contribution in [0.25, 0.3) is 39.2 Å². The van der Waals surface area contributed by atoms with Crippen LogP contribution in [-0.4, -0.2) is 31.4 Å². The fourth-order valence-electron chi connectivity index (χ4n) is 3.97. The van der Waals surface area contributed by atoms with Gasteiger partial charge in [-0.2, -0.15) is 0 Å². The molecular weight excluding hydrogens is 430 g/mol. The number of nitrogens with zero attached hydrogens (tertiary/aromatic N) is 1. The first-order chi connectivity index (χ1) is 15.7. The Morgan fingerprint density at radius 2 is 1.67 bits per heavy atom. The lowest BCUT2D eigenvalue weighted by atomic mass is 9.91. The number of hydrogen-bond donors (Lipinski definition) is 1. The molecule has 0 fully saturated rings. The molecule has 4 nitrogen and oxygen atoms in total. The van der Waals surface area contributed by atoms with E-state index in [1.54, 1.807) is 26.1 Å². The van der Waals surface area contributed by atoms with Gasteiger partial charge in [-0.15, -0.1) is 0 Å². The van der Waals surface area contributed by atoms with E-state index < -0.39 is 14.6 Å². The normalized spacial score (nSPS) is 12.5. The van der Waals surface area contributed by atoms with Gasteiger partial charge in [-0.3, -0.25) is 4.98 Å². The molecule has 0 aliphatic carbocycles. The van der Waals surface area contributed by atoms with Crippen LogP contribution in [0.1, 0.15) is 25.0 Å². The van der Waals surface area contributed by atoms with Crippen molar-refractivity contribution in [2.24, 2.45) is 0 Å². The smallest absolute Gasteiger partial charge is 0.156 e. The molecule has 4 rings (SSSR count). The standard InChI is InChI=1S/C28H27NO3S/c1-28(2,33(3,31)32)26-19-24(18-23-12-7-15-29-27(23)26)21-10-6-11-22(17-21)25-14-5-4-9-20(25)13-8-16-30/h4-15,17-19,30H,16H2,1-3H3. The molecule has 5 heteroatoms. The Bertz CT molecular complexity index is 1450. The molecule has 168 valence electrons. The van der Waals surface area contributed by atoms with Crippen molar-refractivity contribution >= 4 is 26.8 Å². The van der Waals surface area contributed by atoms with Gasteiger partial charge in [0.2, 0.25) is 0 Å². The number of benzene rings is 3. The van der Waals surface area contributed by atoms with E-state index in [2.05, 4.69) is 29.2 Å². The molecule has 0 radical (unpaired) electrons. The number of fused-ring (bicyclic) bond motifs is 1. The number of hydrogen-bond acceptors (Lipinski definition) is 4. The molecule has 4 aromatic rings. The van der Waals surface area contributed by atoms with Gasteiger partial charge in [0.05, 0.1) is 16.9 Å². The summed E-state index contributed by atoms with van der Waals surface area (Å²) in [5.41, 5.74) is 6.44. The summed E-state index contributed by atoms with van der Waals surface area (Å²) >= 11 is 0. The van der Waals surface area contributed by atoms with Crippen LogP contribution in [0, 0.1) is 0 Å². The Balaban J connectivity index is 1.91. The predicted molar refractivity (Wildman–Crippen MR) is 137 cm³/mol. The first-order valence-electron chi connectivity index (χ1n) is 10.8. The SMILES string of the molecule is CC(C)(c1cc(-c2cccc(-c3ccccc3C=CCO)c2)cc2cccnc12)S(C)(=O)=O. The number of aromatic nitrogens is 1. The summed E-state index contributed by atoms with van der Waals surface area (Å²) in [4.78, 5) is 4.51. The molecule has 0 bridgehead atoms. The van der Waals surface area contributed by atoms with E-state index >= 15 is 0 Å². The van der Waals surface area contributed by atoms with Crippen molar-refractivity contribution in [3.05, 3.63) is 96.2 Å². The van der Waals surface area contributed by atoms with Gasteiger partial charge < -0.3 is 5.11 Å². The molecule has 1 aromatic heterocycles. The maximum Gasteiger partial charge on any atom is 0.156 e. The van der Waals surface area contributed by atoms with Crippen molar-refractivity contribution in [3.63, 3.8) is 0 Å². The molecule has 0 saturated heterocycles. The van der Waals surface area contributed by atoms with Crippen LogP contribution in [0.3, 0.4) is 0 Å². The molecular formula is C28H27NO3S. The maximum absolute atomic E-state index is 12.7. The third-order valence-electron chi connectivity index (χ3n) is 6.15. The second-order valence-corrected chi connectivity index (χ2v) is 11.2. The number of pyridine rings is 1. The van der Waals surface area contributed by atoms with E-state index in [1.807, 2.05) is 54.6 Å². The van der Waals surface area contributed by atoms with E-state index in [0.717, 1.165) is 33.2 Å². The van der Waals surface area contributed by atoms with E-state index in [-0.39, 0.29) is 6.61 Å². The Morgan fingerprint density at radius 3 is 2.42 bits per heavy atom. The molecule has 0 aliphatic rings. The van der Waals surface area contributed by atoms with Crippen LogP contribution >= 0.6 is 0 Å². The summed E-state index contributed by atoms with van der Waals surface area (Å²) in [5.74, 6) is 0. The van der Waals surface area contributed by atoms with Gasteiger partial charge in [0.15, 0.2) is 9.84 Å². The van der Waals surface area contributed by atoms with Gasteiger partial charge >= 0.3 is 0 Å². The van der Waals surface area contributed by atoms with Gasteiger partial charge in [0, 0.05) is 17.8 Å².